The van der Waals surface area contributed by atoms with Gasteiger partial charge in [-0.3, -0.25) is 4.79 Å². The maximum Gasteiger partial charge on any atom is 0.416 e. The Morgan fingerprint density at radius 2 is 1.86 bits per heavy atom. The maximum atomic E-state index is 12.5. The molecule has 0 saturated heterocycles. The summed E-state index contributed by atoms with van der Waals surface area (Å²) < 4.78 is 37.4. The van der Waals surface area contributed by atoms with Crippen LogP contribution in [0.1, 0.15) is 25.0 Å². The zero-order valence-electron chi connectivity index (χ0n) is 12.3. The van der Waals surface area contributed by atoms with E-state index in [4.69, 9.17) is 5.73 Å². The molecule has 0 radical (unpaired) electrons. The molecule has 21 heavy (non-hydrogen) atoms. The number of likely N-dealkylation sites (N-methyl/N-ethyl adjacent to an activating group) is 1. The Morgan fingerprint density at radius 1 is 1.29 bits per heavy atom. The van der Waals surface area contributed by atoms with E-state index in [9.17, 15) is 18.0 Å². The topological polar surface area (TPSA) is 46.3 Å². The van der Waals surface area contributed by atoms with Crippen LogP contribution in [0, 0.1) is 5.92 Å². The minimum Gasteiger partial charge on any atom is -0.342 e. The van der Waals surface area contributed by atoms with Crippen LogP contribution in [0.15, 0.2) is 24.3 Å². The summed E-state index contributed by atoms with van der Waals surface area (Å²) in [5, 5.41) is 0. The maximum absolute atomic E-state index is 12.5. The number of rotatable bonds is 6. The highest BCUT2D eigenvalue weighted by molar-refractivity contribution is 5.78. The smallest absolute Gasteiger partial charge is 0.342 e. The molecule has 118 valence electrons. The standard InChI is InChI=1S/C15H21F3N2O/c1-3-20(10-11(2)9-19)14(21)8-12-4-6-13(7-5-12)15(16,17)18/h4-7,11H,3,8-10,19H2,1-2H3. The number of carbonyl (C=O) groups is 1. The quantitative estimate of drug-likeness (QED) is 0.878. The zero-order chi connectivity index (χ0) is 16.0. The Kier molecular flexibility index (Phi) is 6.20. The molecule has 0 heterocycles. The number of halogens is 3. The fourth-order valence-electron chi connectivity index (χ4n) is 1.96. The number of carbonyl (C=O) groups excluding carboxylic acids is 1. The Hall–Kier alpha value is -1.56. The third kappa shape index (κ3) is 5.38. The molecule has 0 fully saturated rings. The van der Waals surface area contributed by atoms with Crippen LogP contribution in [0.25, 0.3) is 0 Å². The van der Waals surface area contributed by atoms with Crippen molar-refractivity contribution < 1.29 is 18.0 Å². The van der Waals surface area contributed by atoms with Crippen molar-refractivity contribution in [1.82, 2.24) is 4.90 Å². The summed E-state index contributed by atoms with van der Waals surface area (Å²) >= 11 is 0. The van der Waals surface area contributed by atoms with Gasteiger partial charge in [-0.15, -0.1) is 0 Å². The molecule has 0 aromatic heterocycles. The number of nitrogens with zero attached hydrogens (tertiary/aromatic N) is 1. The molecule has 3 nitrogen and oxygen atoms in total. The van der Waals surface area contributed by atoms with Crippen LogP contribution in [0.5, 0.6) is 0 Å². The Bertz CT molecular complexity index is 457. The van der Waals surface area contributed by atoms with E-state index in [1.807, 2.05) is 13.8 Å². The van der Waals surface area contributed by atoms with Gasteiger partial charge in [-0.2, -0.15) is 13.2 Å². The highest BCUT2D eigenvalue weighted by Gasteiger charge is 2.30. The van der Waals surface area contributed by atoms with Crippen molar-refractivity contribution in [3.8, 4) is 0 Å². The van der Waals surface area contributed by atoms with E-state index in [0.29, 0.717) is 25.2 Å². The summed E-state index contributed by atoms with van der Waals surface area (Å²) in [6.45, 7) is 5.43. The van der Waals surface area contributed by atoms with Gasteiger partial charge in [0.05, 0.1) is 12.0 Å². The lowest BCUT2D eigenvalue weighted by atomic mass is 10.1. The first-order valence-corrected chi connectivity index (χ1v) is 6.91. The van der Waals surface area contributed by atoms with Crippen molar-refractivity contribution in [3.63, 3.8) is 0 Å². The first-order valence-electron chi connectivity index (χ1n) is 6.91. The molecule has 0 saturated carbocycles. The van der Waals surface area contributed by atoms with Gasteiger partial charge in [-0.25, -0.2) is 0 Å². The molecule has 1 atom stereocenters. The molecule has 1 rings (SSSR count). The van der Waals surface area contributed by atoms with Gasteiger partial charge in [-0.05, 0) is 37.1 Å². The van der Waals surface area contributed by atoms with Crippen molar-refractivity contribution in [2.24, 2.45) is 11.7 Å². The van der Waals surface area contributed by atoms with E-state index in [0.717, 1.165) is 12.1 Å². The van der Waals surface area contributed by atoms with Crippen LogP contribution in [0.4, 0.5) is 13.2 Å². The molecule has 1 unspecified atom stereocenters. The molecule has 0 spiro atoms. The molecule has 2 N–H and O–H groups in total. The molecular formula is C15H21F3N2O. The lowest BCUT2D eigenvalue weighted by molar-refractivity contribution is -0.137. The molecule has 1 aromatic carbocycles. The van der Waals surface area contributed by atoms with Crippen LogP contribution in [0.2, 0.25) is 0 Å². The van der Waals surface area contributed by atoms with E-state index in [-0.39, 0.29) is 18.2 Å². The van der Waals surface area contributed by atoms with Crippen molar-refractivity contribution in [2.45, 2.75) is 26.4 Å². The average molecular weight is 302 g/mol. The molecule has 0 bridgehead atoms. The van der Waals surface area contributed by atoms with E-state index >= 15 is 0 Å². The van der Waals surface area contributed by atoms with E-state index in [2.05, 4.69) is 0 Å². The first-order chi connectivity index (χ1) is 9.77. The molecule has 6 heteroatoms. The van der Waals surface area contributed by atoms with Gasteiger partial charge in [0.25, 0.3) is 0 Å². The van der Waals surface area contributed by atoms with E-state index < -0.39 is 11.7 Å². The molecule has 0 aliphatic rings. The van der Waals surface area contributed by atoms with Gasteiger partial charge >= 0.3 is 6.18 Å². The fraction of sp³-hybridized carbons (Fsp3) is 0.533. The number of nitrogens with two attached hydrogens (primary N) is 1. The van der Waals surface area contributed by atoms with Crippen molar-refractivity contribution >= 4 is 5.91 Å². The highest BCUT2D eigenvalue weighted by Crippen LogP contribution is 2.29. The summed E-state index contributed by atoms with van der Waals surface area (Å²) in [5.41, 5.74) is 5.41. The van der Waals surface area contributed by atoms with Gasteiger partial charge in [0, 0.05) is 13.1 Å². The average Bonchev–Trinajstić information content (AvgIpc) is 2.43. The Morgan fingerprint density at radius 3 is 2.29 bits per heavy atom. The fourth-order valence-corrected chi connectivity index (χ4v) is 1.96. The summed E-state index contributed by atoms with van der Waals surface area (Å²) in [6.07, 6.45) is -4.25. The van der Waals surface area contributed by atoms with Crippen molar-refractivity contribution in [1.29, 1.82) is 0 Å². The van der Waals surface area contributed by atoms with Crippen LogP contribution >= 0.6 is 0 Å². The second-order valence-corrected chi connectivity index (χ2v) is 5.14. The molecule has 0 aliphatic heterocycles. The second-order valence-electron chi connectivity index (χ2n) is 5.14. The number of hydrogen-bond acceptors (Lipinski definition) is 2. The van der Waals surface area contributed by atoms with Gasteiger partial charge in [0.1, 0.15) is 0 Å². The number of amides is 1. The number of hydrogen-bond donors (Lipinski definition) is 1. The monoisotopic (exact) mass is 302 g/mol. The first kappa shape index (κ1) is 17.5. The molecular weight excluding hydrogens is 281 g/mol. The summed E-state index contributed by atoms with van der Waals surface area (Å²) in [6, 6.07) is 4.70. The lowest BCUT2D eigenvalue weighted by Gasteiger charge is -2.24. The number of alkyl halides is 3. The van der Waals surface area contributed by atoms with Crippen molar-refractivity contribution in [2.75, 3.05) is 19.6 Å². The minimum absolute atomic E-state index is 0.0995. The van der Waals surface area contributed by atoms with Crippen LogP contribution in [-0.2, 0) is 17.4 Å². The minimum atomic E-state index is -4.35. The Balaban J connectivity index is 2.69. The lowest BCUT2D eigenvalue weighted by Crippen LogP contribution is -2.37. The normalized spacial score (nSPS) is 13.0. The van der Waals surface area contributed by atoms with E-state index in [1.165, 1.54) is 12.1 Å². The number of benzene rings is 1. The molecule has 1 aromatic rings. The second kappa shape index (κ2) is 7.45. The van der Waals surface area contributed by atoms with Gasteiger partial charge in [0.15, 0.2) is 0 Å². The van der Waals surface area contributed by atoms with Crippen LogP contribution < -0.4 is 5.73 Å². The zero-order valence-corrected chi connectivity index (χ0v) is 12.3. The third-order valence-corrected chi connectivity index (χ3v) is 3.31. The predicted molar refractivity (Wildman–Crippen MR) is 75.6 cm³/mol. The third-order valence-electron chi connectivity index (χ3n) is 3.31. The Labute approximate surface area is 122 Å². The predicted octanol–water partition coefficient (Wildman–Crippen LogP) is 2.69. The van der Waals surface area contributed by atoms with Crippen molar-refractivity contribution in [3.05, 3.63) is 35.4 Å². The molecule has 0 aliphatic carbocycles. The van der Waals surface area contributed by atoms with Crippen LogP contribution in [0.3, 0.4) is 0 Å². The SMILES string of the molecule is CCN(CC(C)CN)C(=O)Cc1ccc(C(F)(F)F)cc1. The summed E-state index contributed by atoms with van der Waals surface area (Å²) in [5.74, 6) is 0.0964. The molecule has 1 amide bonds. The van der Waals surface area contributed by atoms with Gasteiger partial charge in [0.2, 0.25) is 5.91 Å². The van der Waals surface area contributed by atoms with Crippen LogP contribution in [-0.4, -0.2) is 30.4 Å². The highest BCUT2D eigenvalue weighted by atomic mass is 19.4. The van der Waals surface area contributed by atoms with Gasteiger partial charge < -0.3 is 10.6 Å². The summed E-state index contributed by atoms with van der Waals surface area (Å²) in [7, 11) is 0. The largest absolute Gasteiger partial charge is 0.416 e. The van der Waals surface area contributed by atoms with Gasteiger partial charge in [-0.1, -0.05) is 19.1 Å². The summed E-state index contributed by atoms with van der Waals surface area (Å²) in [4.78, 5) is 13.8. The van der Waals surface area contributed by atoms with E-state index in [1.54, 1.807) is 4.90 Å².